The van der Waals surface area contributed by atoms with Gasteiger partial charge < -0.3 is 18.9 Å². The van der Waals surface area contributed by atoms with Gasteiger partial charge in [-0.3, -0.25) is 0 Å². The van der Waals surface area contributed by atoms with Crippen LogP contribution in [0.1, 0.15) is 24.8 Å². The van der Waals surface area contributed by atoms with Crippen molar-refractivity contribution in [1.29, 1.82) is 0 Å². The van der Waals surface area contributed by atoms with Crippen LogP contribution in [0.15, 0.2) is 37.1 Å². The molecule has 22 heavy (non-hydrogen) atoms. The lowest BCUT2D eigenvalue weighted by atomic mass is 9.91. The number of hydrogen-bond acceptors (Lipinski definition) is 5. The molecule has 1 aromatic rings. The summed E-state index contributed by atoms with van der Waals surface area (Å²) >= 11 is 0. The third-order valence-corrected chi connectivity index (χ3v) is 3.52. The topological polar surface area (TPSA) is 54.0 Å². The van der Waals surface area contributed by atoms with Crippen LogP contribution in [0.5, 0.6) is 11.5 Å². The molecule has 0 radical (unpaired) electrons. The largest absolute Gasteiger partial charge is 0.513 e. The molecule has 0 heterocycles. The maximum absolute atomic E-state index is 11.5. The van der Waals surface area contributed by atoms with Crippen molar-refractivity contribution in [2.45, 2.75) is 25.4 Å². The first-order valence-corrected chi connectivity index (χ1v) is 7.10. The summed E-state index contributed by atoms with van der Waals surface area (Å²) in [4.78, 5) is 11.5. The predicted molar refractivity (Wildman–Crippen MR) is 82.9 cm³/mol. The first kappa shape index (κ1) is 15.9. The van der Waals surface area contributed by atoms with Gasteiger partial charge in [-0.2, -0.15) is 0 Å². The number of carbonyl (C=O) groups excluding carboxylic acids is 1. The smallest absolute Gasteiger partial charge is 0.493 e. The van der Waals surface area contributed by atoms with Crippen molar-refractivity contribution in [3.63, 3.8) is 0 Å². The van der Waals surface area contributed by atoms with Gasteiger partial charge in [0.2, 0.25) is 0 Å². The molecular formula is C17H20O5. The summed E-state index contributed by atoms with van der Waals surface area (Å²) in [5, 5.41) is 0. The molecule has 118 valence electrons. The van der Waals surface area contributed by atoms with Gasteiger partial charge in [-0.15, -0.1) is 0 Å². The summed E-state index contributed by atoms with van der Waals surface area (Å²) in [5.41, 5.74) is 1.89. The van der Waals surface area contributed by atoms with Crippen molar-refractivity contribution in [3.8, 4) is 11.5 Å². The van der Waals surface area contributed by atoms with Crippen molar-refractivity contribution >= 4 is 11.7 Å². The minimum Gasteiger partial charge on any atom is -0.493 e. The van der Waals surface area contributed by atoms with E-state index in [1.54, 1.807) is 14.2 Å². The molecule has 1 unspecified atom stereocenters. The van der Waals surface area contributed by atoms with Crippen LogP contribution >= 0.6 is 0 Å². The molecule has 0 saturated heterocycles. The van der Waals surface area contributed by atoms with Gasteiger partial charge in [0.1, 0.15) is 6.10 Å². The molecule has 0 aliphatic heterocycles. The van der Waals surface area contributed by atoms with Crippen molar-refractivity contribution in [3.05, 3.63) is 42.7 Å². The zero-order valence-corrected chi connectivity index (χ0v) is 12.8. The SMILES string of the molecule is C=COC(=O)OC1CCCC=C1c1ccc(OC)c(OC)c1. The number of methoxy groups -OCH3 is 2. The van der Waals surface area contributed by atoms with E-state index < -0.39 is 6.16 Å². The zero-order chi connectivity index (χ0) is 15.9. The summed E-state index contributed by atoms with van der Waals surface area (Å²) in [7, 11) is 3.18. The molecule has 0 bridgehead atoms. The fourth-order valence-electron chi connectivity index (χ4n) is 2.50. The highest BCUT2D eigenvalue weighted by molar-refractivity contribution is 5.74. The van der Waals surface area contributed by atoms with E-state index in [1.165, 1.54) is 0 Å². The zero-order valence-electron chi connectivity index (χ0n) is 12.8. The normalized spacial score (nSPS) is 17.2. The second kappa shape index (κ2) is 7.54. The van der Waals surface area contributed by atoms with E-state index in [0.29, 0.717) is 11.5 Å². The maximum atomic E-state index is 11.5. The second-order valence-corrected chi connectivity index (χ2v) is 4.80. The van der Waals surface area contributed by atoms with Gasteiger partial charge in [-0.05, 0) is 42.5 Å². The molecule has 0 spiro atoms. The van der Waals surface area contributed by atoms with Crippen LogP contribution in [0, 0.1) is 0 Å². The molecule has 1 aliphatic carbocycles. The van der Waals surface area contributed by atoms with Gasteiger partial charge in [0, 0.05) is 0 Å². The molecule has 0 fully saturated rings. The van der Waals surface area contributed by atoms with Crippen LogP contribution in [-0.4, -0.2) is 26.5 Å². The van der Waals surface area contributed by atoms with Crippen LogP contribution in [-0.2, 0) is 9.47 Å². The average molecular weight is 304 g/mol. The van der Waals surface area contributed by atoms with E-state index in [4.69, 9.17) is 14.2 Å². The number of hydrogen-bond donors (Lipinski definition) is 0. The third kappa shape index (κ3) is 3.61. The van der Waals surface area contributed by atoms with Gasteiger partial charge in [-0.25, -0.2) is 4.79 Å². The van der Waals surface area contributed by atoms with Gasteiger partial charge >= 0.3 is 6.16 Å². The Morgan fingerprint density at radius 3 is 2.73 bits per heavy atom. The molecule has 1 aromatic carbocycles. The number of benzene rings is 1. The Morgan fingerprint density at radius 2 is 2.05 bits per heavy atom. The maximum Gasteiger partial charge on any atom is 0.513 e. The fraction of sp³-hybridized carbons (Fsp3) is 0.353. The first-order chi connectivity index (χ1) is 10.7. The van der Waals surface area contributed by atoms with Crippen molar-refractivity contribution in [1.82, 2.24) is 0 Å². The molecule has 0 saturated carbocycles. The molecule has 1 aliphatic rings. The highest BCUT2D eigenvalue weighted by Gasteiger charge is 2.24. The van der Waals surface area contributed by atoms with Gasteiger partial charge in [-0.1, -0.05) is 18.7 Å². The lowest BCUT2D eigenvalue weighted by Crippen LogP contribution is -2.21. The van der Waals surface area contributed by atoms with Gasteiger partial charge in [0.25, 0.3) is 0 Å². The van der Waals surface area contributed by atoms with Gasteiger partial charge in [0.05, 0.1) is 20.5 Å². The standard InChI is InChI=1S/C17H20O5/c1-4-21-17(18)22-14-8-6-5-7-13(14)12-9-10-15(19-2)16(11-12)20-3/h4,7,9-11,14H,1,5-6,8H2,2-3H3. The highest BCUT2D eigenvalue weighted by atomic mass is 16.7. The Balaban J connectivity index is 2.25. The summed E-state index contributed by atoms with van der Waals surface area (Å²) in [5.74, 6) is 1.30. The number of carbonyl (C=O) groups is 1. The molecule has 5 nitrogen and oxygen atoms in total. The first-order valence-electron chi connectivity index (χ1n) is 7.10. The lowest BCUT2D eigenvalue weighted by Gasteiger charge is -2.24. The number of ether oxygens (including phenoxy) is 4. The van der Waals surface area contributed by atoms with E-state index in [-0.39, 0.29) is 6.10 Å². The Morgan fingerprint density at radius 1 is 1.27 bits per heavy atom. The predicted octanol–water partition coefficient (Wildman–Crippen LogP) is 3.94. The molecular weight excluding hydrogens is 284 g/mol. The van der Waals surface area contributed by atoms with Crippen molar-refractivity contribution in [2.75, 3.05) is 14.2 Å². The van der Waals surface area contributed by atoms with Crippen LogP contribution in [0.25, 0.3) is 5.57 Å². The average Bonchev–Trinajstić information content (AvgIpc) is 2.55. The lowest BCUT2D eigenvalue weighted by molar-refractivity contribution is 0.0621. The minimum atomic E-state index is -0.742. The molecule has 0 N–H and O–H groups in total. The third-order valence-electron chi connectivity index (χ3n) is 3.52. The second-order valence-electron chi connectivity index (χ2n) is 4.80. The van der Waals surface area contributed by atoms with E-state index in [9.17, 15) is 4.79 Å². The molecule has 1 atom stereocenters. The Bertz CT molecular complexity index is 576. The van der Waals surface area contributed by atoms with Gasteiger partial charge in [0.15, 0.2) is 11.5 Å². The van der Waals surface area contributed by atoms with Crippen LogP contribution in [0.2, 0.25) is 0 Å². The fourth-order valence-corrected chi connectivity index (χ4v) is 2.50. The number of allylic oxidation sites excluding steroid dienone is 1. The number of rotatable bonds is 5. The molecule has 0 amide bonds. The van der Waals surface area contributed by atoms with Crippen LogP contribution in [0.4, 0.5) is 4.79 Å². The van der Waals surface area contributed by atoms with E-state index in [1.807, 2.05) is 18.2 Å². The van der Waals surface area contributed by atoms with Crippen LogP contribution in [0.3, 0.4) is 0 Å². The molecule has 5 heteroatoms. The summed E-state index contributed by atoms with van der Waals surface area (Å²) in [6.07, 6.45) is 4.73. The Hall–Kier alpha value is -2.43. The van der Waals surface area contributed by atoms with E-state index in [0.717, 1.165) is 36.7 Å². The van der Waals surface area contributed by atoms with Crippen molar-refractivity contribution < 1.29 is 23.7 Å². The monoisotopic (exact) mass is 304 g/mol. The van der Waals surface area contributed by atoms with Crippen molar-refractivity contribution in [2.24, 2.45) is 0 Å². The highest BCUT2D eigenvalue weighted by Crippen LogP contribution is 2.35. The molecule has 0 aromatic heterocycles. The van der Waals surface area contributed by atoms with E-state index >= 15 is 0 Å². The molecule has 2 rings (SSSR count). The van der Waals surface area contributed by atoms with E-state index in [2.05, 4.69) is 17.4 Å². The van der Waals surface area contributed by atoms with Crippen LogP contribution < -0.4 is 9.47 Å². The Labute approximate surface area is 130 Å². The quantitative estimate of drug-likeness (QED) is 0.609. The Kier molecular flexibility index (Phi) is 5.47. The summed E-state index contributed by atoms with van der Waals surface area (Å²) < 4.78 is 20.6. The summed E-state index contributed by atoms with van der Waals surface area (Å²) in [6.45, 7) is 3.34. The minimum absolute atomic E-state index is 0.334. The summed E-state index contributed by atoms with van der Waals surface area (Å²) in [6, 6.07) is 5.64.